The molecule has 1 aromatic carbocycles. The monoisotopic (exact) mass is 496 g/mol. The van der Waals surface area contributed by atoms with Crippen molar-refractivity contribution in [2.24, 2.45) is 11.8 Å². The van der Waals surface area contributed by atoms with Crippen molar-refractivity contribution in [2.45, 2.75) is 42.0 Å². The van der Waals surface area contributed by atoms with E-state index in [0.29, 0.717) is 28.0 Å². The van der Waals surface area contributed by atoms with Crippen LogP contribution in [-0.2, 0) is 44.2 Å². The molecule has 21 heavy (non-hydrogen) atoms. The summed E-state index contributed by atoms with van der Waals surface area (Å²) in [6, 6.07) is 10.3. The first-order chi connectivity index (χ1) is 10.2. The maximum atomic E-state index is 11.3. The van der Waals surface area contributed by atoms with Crippen molar-refractivity contribution in [3.05, 3.63) is 35.9 Å². The first-order valence-corrected chi connectivity index (χ1v) is 17.5. The molecule has 0 radical (unpaired) electrons. The van der Waals surface area contributed by atoms with Crippen LogP contribution < -0.4 is 0 Å². The van der Waals surface area contributed by atoms with Gasteiger partial charge in [-0.2, -0.15) is 0 Å². The van der Waals surface area contributed by atoms with Crippen LogP contribution in [0.4, 0.5) is 0 Å². The molecule has 0 N–H and O–H groups in total. The van der Waals surface area contributed by atoms with Crippen molar-refractivity contribution in [2.75, 3.05) is 0 Å². The second-order valence-electron chi connectivity index (χ2n) is 6.12. The first kappa shape index (κ1) is 15.8. The van der Waals surface area contributed by atoms with Gasteiger partial charge in [0.05, 0.1) is 0 Å². The Hall–Kier alpha value is -0.125. The second-order valence-corrected chi connectivity index (χ2v) is 13.7. The topological polar surface area (TPSA) is 35.5 Å². The fourth-order valence-electron chi connectivity index (χ4n) is 3.93. The van der Waals surface area contributed by atoms with Crippen LogP contribution in [0.5, 0.6) is 0 Å². The molecule has 5 atom stereocenters. The Morgan fingerprint density at radius 2 is 2.10 bits per heavy atom. The number of benzene rings is 1. The fraction of sp³-hybridized carbons (Fsp3) is 0.562. The predicted octanol–water partition coefficient (Wildman–Crippen LogP) is 3.57. The Kier molecular flexibility index (Phi) is 5.23. The van der Waals surface area contributed by atoms with E-state index < -0.39 is 23.3 Å². The minimum absolute atomic E-state index is 0.0863. The number of hydrogen-bond acceptors (Lipinski definition) is 3. The van der Waals surface area contributed by atoms with Gasteiger partial charge in [0.15, 0.2) is 0 Å². The Labute approximate surface area is 141 Å². The molecule has 0 aliphatic heterocycles. The van der Waals surface area contributed by atoms with E-state index in [-0.39, 0.29) is 12.1 Å². The van der Waals surface area contributed by atoms with E-state index in [1.54, 1.807) is 0 Å². The Balaban J connectivity index is 1.60. The summed E-state index contributed by atoms with van der Waals surface area (Å²) in [6.07, 6.45) is 2.51. The predicted molar refractivity (Wildman–Crippen MR) is 76.4 cm³/mol. The third-order valence-electron chi connectivity index (χ3n) is 4.81. The molecule has 2 saturated carbocycles. The quantitative estimate of drug-likeness (QED) is 0.463. The summed E-state index contributed by atoms with van der Waals surface area (Å²) in [7, 11) is 6.34. The minimum atomic E-state index is -1.48. The molecular weight excluding hydrogens is 476 g/mol. The van der Waals surface area contributed by atoms with Gasteiger partial charge in [0.2, 0.25) is 0 Å². The Bertz CT molecular complexity index is 496. The molecule has 3 nitrogen and oxygen atoms in total. The number of halogens is 1. The zero-order valence-corrected chi connectivity index (χ0v) is 18.5. The van der Waals surface area contributed by atoms with E-state index in [4.69, 9.17) is 17.7 Å². The van der Waals surface area contributed by atoms with Crippen molar-refractivity contribution >= 4 is 14.2 Å². The van der Waals surface area contributed by atoms with Crippen LogP contribution in [0, 0.1) is 11.8 Å². The van der Waals surface area contributed by atoms with Crippen LogP contribution in [0.3, 0.4) is 0 Å². The number of hydrogen-bond donors (Lipinski definition) is 0. The van der Waals surface area contributed by atoms with E-state index in [1.165, 1.54) is 12.5 Å². The van der Waals surface area contributed by atoms with Crippen LogP contribution in [0.1, 0.15) is 25.3 Å². The maximum absolute atomic E-state index is 11.3. The number of carbonyl (C=O) groups excluding carboxylic acids is 1. The van der Waals surface area contributed by atoms with Crippen LogP contribution in [0.25, 0.3) is 0 Å². The zero-order chi connectivity index (χ0) is 14.8. The van der Waals surface area contributed by atoms with Crippen LogP contribution >= 0.6 is 8.25 Å². The molecule has 0 heterocycles. The zero-order valence-electron chi connectivity index (χ0n) is 12.2. The van der Waals surface area contributed by atoms with E-state index in [9.17, 15) is 4.79 Å². The summed E-state index contributed by atoms with van der Waals surface area (Å²) in [4.78, 5) is 11.3. The SMILES string of the molecule is CC(=O)O[C@H]1[C@H]2C[C@@H]([C@H]1[Hg][Cl])[C@H](OCc1ccccc1)C2. The normalized spacial score (nSPS) is 33.7. The van der Waals surface area contributed by atoms with E-state index in [1.807, 2.05) is 18.2 Å². The third-order valence-corrected chi connectivity index (χ3v) is 13.5. The number of rotatable bonds is 5. The Morgan fingerprint density at radius 3 is 2.76 bits per heavy atom. The van der Waals surface area contributed by atoms with Gasteiger partial charge in [-0.15, -0.1) is 0 Å². The molecule has 2 fully saturated rings. The number of fused-ring (bicyclic) bond motifs is 2. The molecule has 0 spiro atoms. The van der Waals surface area contributed by atoms with Gasteiger partial charge in [-0.05, 0) is 0 Å². The van der Waals surface area contributed by atoms with Gasteiger partial charge < -0.3 is 0 Å². The number of carbonyl (C=O) groups is 1. The van der Waals surface area contributed by atoms with Crippen LogP contribution in [0.2, 0.25) is 3.43 Å². The molecule has 5 heteroatoms. The van der Waals surface area contributed by atoms with Gasteiger partial charge in [-0.25, -0.2) is 0 Å². The summed E-state index contributed by atoms with van der Waals surface area (Å²) >= 11 is -1.48. The van der Waals surface area contributed by atoms with Gasteiger partial charge in [0.1, 0.15) is 0 Å². The summed E-state index contributed by atoms with van der Waals surface area (Å²) in [5, 5.41) is 0. The summed E-state index contributed by atoms with van der Waals surface area (Å²) in [6.45, 7) is 2.16. The molecule has 3 rings (SSSR count). The molecule has 0 saturated heterocycles. The van der Waals surface area contributed by atoms with Gasteiger partial charge >= 0.3 is 142 Å². The molecule has 0 aromatic heterocycles. The van der Waals surface area contributed by atoms with Gasteiger partial charge in [-0.3, -0.25) is 0 Å². The average molecular weight is 495 g/mol. The molecular formula is C16H19ClHgO3. The molecule has 2 aliphatic rings. The van der Waals surface area contributed by atoms with E-state index in [0.717, 1.165) is 12.8 Å². The molecule has 0 unspecified atom stereocenters. The second kappa shape index (κ2) is 6.97. The van der Waals surface area contributed by atoms with Gasteiger partial charge in [-0.1, -0.05) is 0 Å². The average Bonchev–Trinajstić information content (AvgIpc) is 3.03. The first-order valence-electron chi connectivity index (χ1n) is 7.57. The molecule has 2 aliphatic carbocycles. The van der Waals surface area contributed by atoms with Gasteiger partial charge in [0, 0.05) is 0 Å². The molecule has 0 amide bonds. The molecule has 110 valence electrons. The van der Waals surface area contributed by atoms with Gasteiger partial charge in [0.25, 0.3) is 0 Å². The van der Waals surface area contributed by atoms with E-state index in [2.05, 4.69) is 12.1 Å². The van der Waals surface area contributed by atoms with Crippen LogP contribution in [0.15, 0.2) is 30.3 Å². The van der Waals surface area contributed by atoms with Crippen molar-refractivity contribution < 1.29 is 37.6 Å². The van der Waals surface area contributed by atoms with Crippen molar-refractivity contribution in [1.29, 1.82) is 0 Å². The number of esters is 1. The number of ether oxygens (including phenoxy) is 2. The summed E-state index contributed by atoms with van der Waals surface area (Å²) < 4.78 is 12.1. The third kappa shape index (κ3) is 3.45. The standard InChI is InChI=1S/C16H19O3.ClH.Hg/c1-11(17)19-16-9-13-7-14(16)8-15(13)18-10-12-5-3-2-4-6-12;;/h2-6,9,13-16H,7-8,10H2,1H3;1H;/q;;+1/p-1/t13-,14-,15+,16+;;/m0../s1. The molecule has 2 bridgehead atoms. The Morgan fingerprint density at radius 1 is 1.33 bits per heavy atom. The van der Waals surface area contributed by atoms with Crippen molar-refractivity contribution in [3.8, 4) is 0 Å². The molecule has 1 aromatic rings. The summed E-state index contributed by atoms with van der Waals surface area (Å²) in [5.74, 6) is 0.809. The van der Waals surface area contributed by atoms with Crippen molar-refractivity contribution in [1.82, 2.24) is 0 Å². The summed E-state index contributed by atoms with van der Waals surface area (Å²) in [5.41, 5.74) is 1.21. The fourth-order valence-corrected chi connectivity index (χ4v) is 12.8. The van der Waals surface area contributed by atoms with Crippen molar-refractivity contribution in [3.63, 3.8) is 0 Å². The van der Waals surface area contributed by atoms with Crippen LogP contribution in [-0.4, -0.2) is 18.2 Å². The van der Waals surface area contributed by atoms with E-state index >= 15 is 0 Å².